The first-order valence-electron chi connectivity index (χ1n) is 5.75. The van der Waals surface area contributed by atoms with E-state index in [0.717, 1.165) is 18.4 Å². The average molecular weight is 256 g/mol. The van der Waals surface area contributed by atoms with E-state index >= 15 is 0 Å². The van der Waals surface area contributed by atoms with Crippen LogP contribution < -0.4 is 5.32 Å². The van der Waals surface area contributed by atoms with Gasteiger partial charge in [-0.1, -0.05) is 12.1 Å². The van der Waals surface area contributed by atoms with E-state index in [1.54, 1.807) is 12.1 Å². The summed E-state index contributed by atoms with van der Waals surface area (Å²) < 4.78 is 0. The number of rotatable bonds is 6. The van der Waals surface area contributed by atoms with Gasteiger partial charge in [-0.3, -0.25) is 4.79 Å². The van der Waals surface area contributed by atoms with Gasteiger partial charge in [0.25, 0.3) is 0 Å². The molecule has 1 unspecified atom stereocenters. The van der Waals surface area contributed by atoms with Crippen LogP contribution in [0, 0.1) is 0 Å². The third kappa shape index (κ3) is 5.59. The van der Waals surface area contributed by atoms with Gasteiger partial charge in [0.2, 0.25) is 5.91 Å². The van der Waals surface area contributed by atoms with Gasteiger partial charge in [0.05, 0.1) is 0 Å². The van der Waals surface area contributed by atoms with Crippen LogP contribution in [-0.4, -0.2) is 22.9 Å². The van der Waals surface area contributed by atoms with Crippen molar-refractivity contribution < 1.29 is 9.90 Å². The molecule has 94 valence electrons. The molecular weight excluding hydrogens is 238 g/mol. The van der Waals surface area contributed by atoms with Crippen LogP contribution in [0.25, 0.3) is 0 Å². The number of hydrogen-bond donors (Lipinski definition) is 2. The molecule has 2 N–H and O–H groups in total. The van der Waals surface area contributed by atoms with Gasteiger partial charge in [-0.05, 0) is 37.5 Å². The number of carbonyl (C=O) groups excluding carboxylic acids is 1. The maximum atomic E-state index is 11.3. The number of phenolic OH excluding ortho intramolecular Hbond substituents is 1. The largest absolute Gasteiger partial charge is 0.508 e. The summed E-state index contributed by atoms with van der Waals surface area (Å²) in [6.45, 7) is 1.98. The van der Waals surface area contributed by atoms with E-state index in [-0.39, 0.29) is 17.7 Å². The number of nitrogens with one attached hydrogen (secondary N) is 1. The van der Waals surface area contributed by atoms with Crippen molar-refractivity contribution in [2.75, 3.05) is 5.88 Å². The molecule has 0 saturated heterocycles. The van der Waals surface area contributed by atoms with E-state index in [1.165, 1.54) is 0 Å². The first kappa shape index (κ1) is 13.8. The highest BCUT2D eigenvalue weighted by Crippen LogP contribution is 2.11. The molecule has 4 heteroatoms. The Labute approximate surface area is 107 Å². The molecule has 0 spiro atoms. The number of alkyl halides is 1. The van der Waals surface area contributed by atoms with Crippen molar-refractivity contribution in [2.45, 2.75) is 32.2 Å². The molecule has 17 heavy (non-hydrogen) atoms. The third-order valence-corrected chi connectivity index (χ3v) is 2.72. The number of hydrogen-bond acceptors (Lipinski definition) is 2. The Morgan fingerprint density at radius 2 is 2.06 bits per heavy atom. The minimum absolute atomic E-state index is 0.00166. The predicted molar refractivity (Wildman–Crippen MR) is 69.4 cm³/mol. The number of halogens is 1. The zero-order chi connectivity index (χ0) is 12.7. The van der Waals surface area contributed by atoms with Gasteiger partial charge >= 0.3 is 0 Å². The van der Waals surface area contributed by atoms with Gasteiger partial charge in [0.1, 0.15) is 5.75 Å². The van der Waals surface area contributed by atoms with Crippen LogP contribution >= 0.6 is 11.6 Å². The van der Waals surface area contributed by atoms with Crippen molar-refractivity contribution in [2.24, 2.45) is 0 Å². The molecule has 0 heterocycles. The molecule has 1 rings (SSSR count). The summed E-state index contributed by atoms with van der Waals surface area (Å²) in [4.78, 5) is 11.3. The Kier molecular flexibility index (Phi) is 5.84. The second-order valence-electron chi connectivity index (χ2n) is 4.11. The topological polar surface area (TPSA) is 49.3 Å². The fourth-order valence-electron chi connectivity index (χ4n) is 1.55. The molecule has 0 fully saturated rings. The van der Waals surface area contributed by atoms with Crippen LogP contribution in [0.5, 0.6) is 5.75 Å². The average Bonchev–Trinajstić information content (AvgIpc) is 2.28. The first-order valence-corrected chi connectivity index (χ1v) is 6.28. The maximum absolute atomic E-state index is 11.3. The Morgan fingerprint density at radius 1 is 1.41 bits per heavy atom. The van der Waals surface area contributed by atoms with Gasteiger partial charge in [-0.25, -0.2) is 0 Å². The van der Waals surface area contributed by atoms with Crippen molar-refractivity contribution in [1.29, 1.82) is 0 Å². The fraction of sp³-hybridized carbons (Fsp3) is 0.462. The number of amides is 1. The Bertz CT molecular complexity index is 351. The summed E-state index contributed by atoms with van der Waals surface area (Å²) in [5, 5.41) is 12.0. The van der Waals surface area contributed by atoms with Crippen LogP contribution in [0.3, 0.4) is 0 Å². The van der Waals surface area contributed by atoms with Crippen LogP contribution in [-0.2, 0) is 11.2 Å². The van der Waals surface area contributed by atoms with E-state index in [1.807, 2.05) is 19.1 Å². The lowest BCUT2D eigenvalue weighted by Crippen LogP contribution is -2.32. The smallest absolute Gasteiger partial charge is 0.221 e. The predicted octanol–water partition coefficient (Wildman–Crippen LogP) is 2.46. The summed E-state index contributed by atoms with van der Waals surface area (Å²) in [7, 11) is 0. The zero-order valence-electron chi connectivity index (χ0n) is 9.95. The van der Waals surface area contributed by atoms with E-state index in [2.05, 4.69) is 5.32 Å². The summed E-state index contributed by atoms with van der Waals surface area (Å²) in [6.07, 6.45) is 2.12. The molecule has 0 radical (unpaired) electrons. The molecule has 0 aromatic heterocycles. The SMILES string of the molecule is CC(CCc1ccc(O)cc1)NC(=O)CCCl. The lowest BCUT2D eigenvalue weighted by molar-refractivity contribution is -0.121. The molecule has 1 amide bonds. The van der Waals surface area contributed by atoms with Crippen molar-refractivity contribution >= 4 is 17.5 Å². The molecule has 0 aliphatic rings. The van der Waals surface area contributed by atoms with Crippen LogP contribution in [0.15, 0.2) is 24.3 Å². The van der Waals surface area contributed by atoms with Crippen molar-refractivity contribution in [3.63, 3.8) is 0 Å². The molecule has 0 aliphatic carbocycles. The highest BCUT2D eigenvalue weighted by atomic mass is 35.5. The lowest BCUT2D eigenvalue weighted by atomic mass is 10.1. The van der Waals surface area contributed by atoms with Gasteiger partial charge in [-0.15, -0.1) is 11.6 Å². The lowest BCUT2D eigenvalue weighted by Gasteiger charge is -2.13. The number of benzene rings is 1. The first-order chi connectivity index (χ1) is 8.11. The van der Waals surface area contributed by atoms with Crippen LogP contribution in [0.1, 0.15) is 25.3 Å². The Hall–Kier alpha value is -1.22. The number of phenols is 1. The fourth-order valence-corrected chi connectivity index (χ4v) is 1.72. The van der Waals surface area contributed by atoms with Crippen molar-refractivity contribution in [3.05, 3.63) is 29.8 Å². The normalized spacial score (nSPS) is 12.1. The van der Waals surface area contributed by atoms with Crippen molar-refractivity contribution in [1.82, 2.24) is 5.32 Å². The third-order valence-electron chi connectivity index (χ3n) is 2.53. The molecule has 3 nitrogen and oxygen atoms in total. The Balaban J connectivity index is 2.30. The van der Waals surface area contributed by atoms with Gasteiger partial charge in [0, 0.05) is 18.3 Å². The maximum Gasteiger partial charge on any atom is 0.221 e. The molecule has 0 bridgehead atoms. The van der Waals surface area contributed by atoms with E-state index in [4.69, 9.17) is 16.7 Å². The van der Waals surface area contributed by atoms with Crippen LogP contribution in [0.4, 0.5) is 0 Å². The van der Waals surface area contributed by atoms with Gasteiger partial charge < -0.3 is 10.4 Å². The number of aromatic hydroxyl groups is 1. The summed E-state index contributed by atoms with van der Waals surface area (Å²) >= 11 is 5.48. The second-order valence-corrected chi connectivity index (χ2v) is 4.49. The van der Waals surface area contributed by atoms with Crippen LogP contribution in [0.2, 0.25) is 0 Å². The van der Waals surface area contributed by atoms with E-state index in [9.17, 15) is 4.79 Å². The minimum Gasteiger partial charge on any atom is -0.508 e. The van der Waals surface area contributed by atoms with E-state index in [0.29, 0.717) is 12.3 Å². The van der Waals surface area contributed by atoms with Gasteiger partial charge in [0.15, 0.2) is 0 Å². The van der Waals surface area contributed by atoms with Crippen molar-refractivity contribution in [3.8, 4) is 5.75 Å². The minimum atomic E-state index is -0.00166. The summed E-state index contributed by atoms with van der Waals surface area (Å²) in [5.41, 5.74) is 1.15. The molecule has 1 aromatic rings. The second kappa shape index (κ2) is 7.17. The monoisotopic (exact) mass is 255 g/mol. The van der Waals surface area contributed by atoms with E-state index < -0.39 is 0 Å². The molecule has 0 aliphatic heterocycles. The zero-order valence-corrected chi connectivity index (χ0v) is 10.7. The highest BCUT2D eigenvalue weighted by molar-refractivity contribution is 6.18. The number of carbonyl (C=O) groups is 1. The standard InChI is InChI=1S/C13H18ClNO2/c1-10(15-13(17)8-9-14)2-3-11-4-6-12(16)7-5-11/h4-7,10,16H,2-3,8-9H2,1H3,(H,15,17). The number of aryl methyl sites for hydroxylation is 1. The van der Waals surface area contributed by atoms with Gasteiger partial charge in [-0.2, -0.15) is 0 Å². The molecule has 1 atom stereocenters. The summed E-state index contributed by atoms with van der Waals surface area (Å²) in [6, 6.07) is 7.27. The summed E-state index contributed by atoms with van der Waals surface area (Å²) in [5.74, 6) is 0.631. The molecule has 0 saturated carbocycles. The molecular formula is C13H18ClNO2. The highest BCUT2D eigenvalue weighted by Gasteiger charge is 2.06. The molecule has 1 aromatic carbocycles. The quantitative estimate of drug-likeness (QED) is 0.768. The Morgan fingerprint density at radius 3 is 2.65 bits per heavy atom.